The van der Waals surface area contributed by atoms with Gasteiger partial charge in [-0.3, -0.25) is 0 Å². The quantitative estimate of drug-likeness (QED) is 0.637. The Balaban J connectivity index is 0.00000121. The molecule has 102 valence electrons. The Morgan fingerprint density at radius 1 is 1.24 bits per heavy atom. The van der Waals surface area contributed by atoms with Crippen molar-refractivity contribution < 1.29 is 35.7 Å². The molecule has 0 bridgehead atoms. The Morgan fingerprint density at radius 2 is 2.05 bits per heavy atom. The van der Waals surface area contributed by atoms with Crippen LogP contribution in [0.15, 0.2) is 55.2 Å². The zero-order valence-electron chi connectivity index (χ0n) is 12.5. The molecule has 0 aliphatic carbocycles. The molecule has 0 saturated carbocycles. The van der Waals surface area contributed by atoms with Crippen molar-refractivity contribution in [3.8, 4) is 11.4 Å². The van der Waals surface area contributed by atoms with Gasteiger partial charge in [0.2, 0.25) is 0 Å². The second-order valence-corrected chi connectivity index (χ2v) is 4.53. The van der Waals surface area contributed by atoms with Gasteiger partial charge in [0.15, 0.2) is 5.15 Å². The number of nitrogens with zero attached hydrogens (tertiary/aromatic N) is 4. The van der Waals surface area contributed by atoms with Crippen LogP contribution in [-0.4, -0.2) is 19.7 Å². The molecule has 0 atom stereocenters. The molecule has 0 N–H and O–H groups in total. The molecule has 0 amide bonds. The van der Waals surface area contributed by atoms with Gasteiger partial charge in [-0.25, -0.2) is 4.98 Å². The Labute approximate surface area is 150 Å². The van der Waals surface area contributed by atoms with E-state index >= 15 is 0 Å². The maximum Gasteiger partial charge on any atom is 1.00 e. The Hall–Kier alpha value is -1.40. The van der Waals surface area contributed by atoms with Crippen LogP contribution >= 0.6 is 11.6 Å². The van der Waals surface area contributed by atoms with Crippen LogP contribution in [0.3, 0.4) is 0 Å². The summed E-state index contributed by atoms with van der Waals surface area (Å²) in [4.78, 5) is 4.02. The predicted octanol–water partition coefficient (Wildman–Crippen LogP) is 0.0112. The molecular formula is C14H12ClN4NaO. The number of rotatable bonds is 4. The first kappa shape index (κ1) is 16.0. The summed E-state index contributed by atoms with van der Waals surface area (Å²) in [5.74, 6) is 0.601. The van der Waals surface area contributed by atoms with Gasteiger partial charge < -0.3 is 10.7 Å². The minimum atomic E-state index is 0. The summed E-state index contributed by atoms with van der Waals surface area (Å²) >= 11 is 5.74. The molecular weight excluding hydrogens is 299 g/mol. The molecule has 0 aliphatic rings. The van der Waals surface area contributed by atoms with E-state index in [4.69, 9.17) is 16.3 Å². The largest absolute Gasteiger partial charge is 1.00 e. The molecule has 1 aromatic carbocycles. The van der Waals surface area contributed by atoms with E-state index in [2.05, 4.69) is 15.2 Å². The minimum Gasteiger partial charge on any atom is -1.00 e. The van der Waals surface area contributed by atoms with Crippen molar-refractivity contribution in [2.45, 2.75) is 6.61 Å². The molecule has 2 aromatic heterocycles. The zero-order valence-corrected chi connectivity index (χ0v) is 14.2. The van der Waals surface area contributed by atoms with E-state index in [1.807, 2.05) is 35.0 Å². The first-order valence-corrected chi connectivity index (χ1v) is 6.37. The number of benzene rings is 1. The summed E-state index contributed by atoms with van der Waals surface area (Å²) in [5, 5.41) is 7.71. The average Bonchev–Trinajstić information content (AvgIpc) is 3.00. The Bertz CT molecular complexity index is 694. The summed E-state index contributed by atoms with van der Waals surface area (Å²) in [7, 11) is 0. The van der Waals surface area contributed by atoms with Crippen LogP contribution in [0.25, 0.3) is 5.69 Å². The monoisotopic (exact) mass is 310 g/mol. The van der Waals surface area contributed by atoms with Gasteiger partial charge in [0.25, 0.3) is 0 Å². The van der Waals surface area contributed by atoms with Crippen molar-refractivity contribution in [3.63, 3.8) is 0 Å². The number of halogens is 1. The molecule has 2 heterocycles. The van der Waals surface area contributed by atoms with Crippen molar-refractivity contribution in [1.29, 1.82) is 0 Å². The summed E-state index contributed by atoms with van der Waals surface area (Å²) in [6, 6.07) is 9.67. The second kappa shape index (κ2) is 7.56. The van der Waals surface area contributed by atoms with Gasteiger partial charge in [-0.05, 0) is 17.7 Å². The fourth-order valence-electron chi connectivity index (χ4n) is 1.75. The topological polar surface area (TPSA) is 52.8 Å². The van der Waals surface area contributed by atoms with Gasteiger partial charge in [-0.15, -0.1) is 5.10 Å². The van der Waals surface area contributed by atoms with E-state index in [-0.39, 0.29) is 31.0 Å². The van der Waals surface area contributed by atoms with Crippen LogP contribution in [0.5, 0.6) is 5.75 Å². The van der Waals surface area contributed by atoms with Gasteiger partial charge in [0.1, 0.15) is 12.4 Å². The van der Waals surface area contributed by atoms with Crippen molar-refractivity contribution >= 4 is 11.6 Å². The van der Waals surface area contributed by atoms with Crippen molar-refractivity contribution in [1.82, 2.24) is 19.7 Å². The average molecular weight is 311 g/mol. The molecule has 0 saturated heterocycles. The van der Waals surface area contributed by atoms with Crippen LogP contribution in [-0.2, 0) is 6.61 Å². The summed E-state index contributed by atoms with van der Waals surface area (Å²) in [5.41, 5.74) is 2.11. The first-order valence-electron chi connectivity index (χ1n) is 5.99. The minimum absolute atomic E-state index is 0. The van der Waals surface area contributed by atoms with Crippen LogP contribution in [0.2, 0.25) is 5.15 Å². The van der Waals surface area contributed by atoms with Gasteiger partial charge in [0.05, 0.1) is 12.5 Å². The van der Waals surface area contributed by atoms with E-state index in [9.17, 15) is 0 Å². The number of hydrogen-bond donors (Lipinski definition) is 0. The van der Waals surface area contributed by atoms with E-state index in [0.29, 0.717) is 17.5 Å². The number of hydrogen-bond acceptors (Lipinski definition) is 4. The Morgan fingerprint density at radius 3 is 2.71 bits per heavy atom. The number of ether oxygens (including phenoxy) is 1. The molecule has 5 nitrogen and oxygen atoms in total. The number of imidazole rings is 1. The SMILES string of the molecule is Clc1cc(OCc2ccc(-n3ccnc3)cc2)cnn1.[H-].[Na+]. The van der Waals surface area contributed by atoms with E-state index in [1.54, 1.807) is 18.6 Å². The molecule has 0 aliphatic heterocycles. The summed E-state index contributed by atoms with van der Waals surface area (Å²) in [6.45, 7) is 0.451. The molecule has 0 spiro atoms. The fourth-order valence-corrected chi connectivity index (χ4v) is 1.90. The Kier molecular flexibility index (Phi) is 5.76. The van der Waals surface area contributed by atoms with Crippen LogP contribution in [0.1, 0.15) is 6.99 Å². The van der Waals surface area contributed by atoms with Gasteiger partial charge in [-0.2, -0.15) is 5.10 Å². The summed E-state index contributed by atoms with van der Waals surface area (Å²) < 4.78 is 7.54. The second-order valence-electron chi connectivity index (χ2n) is 4.14. The maximum atomic E-state index is 5.74. The molecule has 3 aromatic rings. The van der Waals surface area contributed by atoms with E-state index in [1.165, 1.54) is 6.20 Å². The van der Waals surface area contributed by atoms with Crippen LogP contribution < -0.4 is 34.3 Å². The molecule has 0 fully saturated rings. The molecule has 0 unspecified atom stereocenters. The van der Waals surface area contributed by atoms with E-state index < -0.39 is 0 Å². The summed E-state index contributed by atoms with van der Waals surface area (Å²) in [6.07, 6.45) is 6.94. The van der Waals surface area contributed by atoms with E-state index in [0.717, 1.165) is 11.3 Å². The standard InChI is InChI=1S/C14H11ClN4O.Na.H/c15-14-7-13(8-17-18-14)20-9-11-1-3-12(4-2-11)19-6-5-16-10-19;;/h1-8,10H,9H2;;/q;+1;-1. The first-order chi connectivity index (χ1) is 9.81. The normalized spacial score (nSPS) is 9.95. The third-order valence-electron chi connectivity index (χ3n) is 2.74. The maximum absolute atomic E-state index is 5.74. The van der Waals surface area contributed by atoms with Crippen molar-refractivity contribution in [3.05, 3.63) is 66.0 Å². The third-order valence-corrected chi connectivity index (χ3v) is 2.93. The van der Waals surface area contributed by atoms with Crippen molar-refractivity contribution in [2.24, 2.45) is 0 Å². The molecule has 0 radical (unpaired) electrons. The fraction of sp³-hybridized carbons (Fsp3) is 0.0714. The molecule has 7 heteroatoms. The van der Waals surface area contributed by atoms with Crippen LogP contribution in [0, 0.1) is 0 Å². The third kappa shape index (κ3) is 4.28. The van der Waals surface area contributed by atoms with Gasteiger partial charge in [-0.1, -0.05) is 23.7 Å². The van der Waals surface area contributed by atoms with Gasteiger partial charge >= 0.3 is 29.6 Å². The molecule has 21 heavy (non-hydrogen) atoms. The smallest absolute Gasteiger partial charge is 1.00 e. The zero-order chi connectivity index (χ0) is 13.8. The van der Waals surface area contributed by atoms with Crippen LogP contribution in [0.4, 0.5) is 0 Å². The predicted molar refractivity (Wildman–Crippen MR) is 76.1 cm³/mol. The number of aromatic nitrogens is 4. The molecule has 3 rings (SSSR count). The van der Waals surface area contributed by atoms with Crippen molar-refractivity contribution in [2.75, 3.05) is 0 Å². The van der Waals surface area contributed by atoms with Gasteiger partial charge in [0, 0.05) is 24.1 Å².